The van der Waals surface area contributed by atoms with Gasteiger partial charge in [0.1, 0.15) is 22.8 Å². The van der Waals surface area contributed by atoms with Crippen molar-refractivity contribution in [3.63, 3.8) is 0 Å². The third-order valence-corrected chi connectivity index (χ3v) is 6.10. The van der Waals surface area contributed by atoms with E-state index in [4.69, 9.17) is 18.6 Å². The molecule has 0 saturated heterocycles. The lowest BCUT2D eigenvalue weighted by Crippen LogP contribution is -2.35. The van der Waals surface area contributed by atoms with Crippen LogP contribution in [0.25, 0.3) is 11.0 Å². The van der Waals surface area contributed by atoms with Crippen molar-refractivity contribution in [2.75, 3.05) is 19.0 Å². The molecule has 0 spiro atoms. The number of methoxy groups -OCH3 is 1. The molecule has 0 saturated carbocycles. The van der Waals surface area contributed by atoms with Crippen LogP contribution in [0.1, 0.15) is 30.9 Å². The molecule has 7 heteroatoms. The number of carbonyl (C=O) groups excluding carboxylic acids is 1. The topological polar surface area (TPSA) is 87.0 Å². The summed E-state index contributed by atoms with van der Waals surface area (Å²) in [7, 11) is 1.58. The van der Waals surface area contributed by atoms with E-state index < -0.39 is 17.6 Å². The summed E-state index contributed by atoms with van der Waals surface area (Å²) in [5, 5.41) is 3.55. The Morgan fingerprint density at radius 1 is 0.972 bits per heavy atom. The number of hydrogen-bond donors (Lipinski definition) is 1. The van der Waals surface area contributed by atoms with E-state index in [0.29, 0.717) is 46.2 Å². The number of hydrogen-bond acceptors (Lipinski definition) is 6. The molecule has 0 radical (unpaired) electrons. The number of carbonyl (C=O) groups is 1. The third kappa shape index (κ3) is 4.52. The van der Waals surface area contributed by atoms with Gasteiger partial charge in [0.05, 0.1) is 30.6 Å². The van der Waals surface area contributed by atoms with Crippen LogP contribution in [-0.2, 0) is 4.79 Å². The van der Waals surface area contributed by atoms with Gasteiger partial charge in [0.2, 0.25) is 0 Å². The molecule has 1 aliphatic heterocycles. The van der Waals surface area contributed by atoms with Crippen molar-refractivity contribution in [3.8, 4) is 17.2 Å². The number of rotatable bonds is 7. The maximum absolute atomic E-state index is 13.5. The highest BCUT2D eigenvalue weighted by Crippen LogP contribution is 2.44. The summed E-state index contributed by atoms with van der Waals surface area (Å²) in [6, 6.07) is 21.6. The van der Waals surface area contributed by atoms with Crippen molar-refractivity contribution in [2.45, 2.75) is 25.9 Å². The monoisotopic (exact) mass is 485 g/mol. The normalized spacial score (nSPS) is 16.4. The summed E-state index contributed by atoms with van der Waals surface area (Å²) in [4.78, 5) is 26.6. The Labute approximate surface area is 208 Å². The van der Waals surface area contributed by atoms with Crippen LogP contribution >= 0.6 is 0 Å². The molecular weight excluding hydrogens is 458 g/mol. The molecule has 1 amide bonds. The first-order valence-corrected chi connectivity index (χ1v) is 11.8. The molecule has 0 aliphatic carbocycles. The Hall–Kier alpha value is -4.26. The highest BCUT2D eigenvalue weighted by molar-refractivity contribution is 5.97. The summed E-state index contributed by atoms with van der Waals surface area (Å²) in [6.45, 7) is 4.75. The Morgan fingerprint density at radius 3 is 2.36 bits per heavy atom. The first kappa shape index (κ1) is 23.5. The SMILES string of the molecule is COc1ccc(NC(=O)[C@@H]2Oc3c(c(=O)oc4ccccc34)[C@@H]2c2ccc(OCC(C)C)cc2)cc1. The summed E-state index contributed by atoms with van der Waals surface area (Å²) in [5.74, 6) is 1.14. The molecule has 5 rings (SSSR count). The van der Waals surface area contributed by atoms with Gasteiger partial charge in [-0.15, -0.1) is 0 Å². The zero-order valence-electron chi connectivity index (χ0n) is 20.3. The average molecular weight is 486 g/mol. The molecule has 4 aromatic rings. The summed E-state index contributed by atoms with van der Waals surface area (Å²) in [5.41, 5.74) is 1.57. The first-order chi connectivity index (χ1) is 17.4. The minimum absolute atomic E-state index is 0.333. The van der Waals surface area contributed by atoms with Crippen LogP contribution < -0.4 is 25.2 Å². The zero-order chi connectivity index (χ0) is 25.2. The molecule has 2 atom stereocenters. The van der Waals surface area contributed by atoms with Gasteiger partial charge in [-0.25, -0.2) is 4.79 Å². The maximum Gasteiger partial charge on any atom is 0.344 e. The van der Waals surface area contributed by atoms with E-state index in [0.717, 1.165) is 11.3 Å². The molecule has 1 N–H and O–H groups in total. The van der Waals surface area contributed by atoms with E-state index in [-0.39, 0.29) is 5.91 Å². The number of fused-ring (bicyclic) bond motifs is 3. The van der Waals surface area contributed by atoms with Crippen molar-refractivity contribution in [3.05, 3.63) is 94.3 Å². The highest BCUT2D eigenvalue weighted by Gasteiger charge is 2.44. The third-order valence-electron chi connectivity index (χ3n) is 6.10. The standard InChI is InChI=1S/C29H27NO6/c1-17(2)16-34-21-12-8-18(9-13-21)24-25-26(22-6-4-5-7-23(22)35-29(25)32)36-27(24)28(31)30-19-10-14-20(33-3)15-11-19/h4-15,17,24,27H,16H2,1-3H3,(H,30,31)/t24-,27+/m0/s1. The van der Waals surface area contributed by atoms with Crippen LogP contribution in [0.4, 0.5) is 5.69 Å². The van der Waals surface area contributed by atoms with Gasteiger partial charge < -0.3 is 23.9 Å². The van der Waals surface area contributed by atoms with Gasteiger partial charge in [-0.05, 0) is 60.0 Å². The number of benzene rings is 3. The van der Waals surface area contributed by atoms with E-state index in [9.17, 15) is 9.59 Å². The van der Waals surface area contributed by atoms with Crippen LogP contribution in [0.5, 0.6) is 17.2 Å². The number of ether oxygens (including phenoxy) is 3. The van der Waals surface area contributed by atoms with Gasteiger partial charge in [-0.2, -0.15) is 0 Å². The largest absolute Gasteiger partial charge is 0.497 e. The van der Waals surface area contributed by atoms with E-state index in [1.54, 1.807) is 43.5 Å². The van der Waals surface area contributed by atoms with Crippen molar-refractivity contribution in [1.82, 2.24) is 0 Å². The molecule has 7 nitrogen and oxygen atoms in total. The molecule has 0 unspecified atom stereocenters. The fraction of sp³-hybridized carbons (Fsp3) is 0.241. The van der Waals surface area contributed by atoms with Crippen molar-refractivity contribution < 1.29 is 23.4 Å². The maximum atomic E-state index is 13.5. The number of para-hydroxylation sites is 1. The molecule has 3 aromatic carbocycles. The molecule has 184 valence electrons. The van der Waals surface area contributed by atoms with E-state index in [1.165, 1.54) is 0 Å². The smallest absolute Gasteiger partial charge is 0.344 e. The lowest BCUT2D eigenvalue weighted by molar-refractivity contribution is -0.122. The second kappa shape index (κ2) is 9.77. The molecular formula is C29H27NO6. The van der Waals surface area contributed by atoms with Crippen molar-refractivity contribution in [1.29, 1.82) is 0 Å². The zero-order valence-corrected chi connectivity index (χ0v) is 20.3. The van der Waals surface area contributed by atoms with Gasteiger partial charge in [0.15, 0.2) is 6.10 Å². The minimum Gasteiger partial charge on any atom is -0.497 e. The van der Waals surface area contributed by atoms with Crippen molar-refractivity contribution in [2.24, 2.45) is 5.92 Å². The fourth-order valence-electron chi connectivity index (χ4n) is 4.35. The highest BCUT2D eigenvalue weighted by atomic mass is 16.5. The van der Waals surface area contributed by atoms with Gasteiger partial charge in [0, 0.05) is 5.69 Å². The Balaban J connectivity index is 1.53. The second-order valence-corrected chi connectivity index (χ2v) is 9.14. The lowest BCUT2D eigenvalue weighted by Gasteiger charge is -2.19. The molecule has 1 aromatic heterocycles. The lowest BCUT2D eigenvalue weighted by atomic mass is 9.88. The van der Waals surface area contributed by atoms with Gasteiger partial charge in [-0.3, -0.25) is 4.79 Å². The molecule has 0 bridgehead atoms. The van der Waals surface area contributed by atoms with E-state index in [2.05, 4.69) is 19.2 Å². The fourth-order valence-corrected chi connectivity index (χ4v) is 4.35. The molecule has 36 heavy (non-hydrogen) atoms. The first-order valence-electron chi connectivity index (χ1n) is 11.8. The van der Waals surface area contributed by atoms with Crippen LogP contribution in [0, 0.1) is 5.92 Å². The Kier molecular flexibility index (Phi) is 6.38. The van der Waals surface area contributed by atoms with Crippen LogP contribution in [0.2, 0.25) is 0 Å². The predicted octanol–water partition coefficient (Wildman–Crippen LogP) is 5.37. The Morgan fingerprint density at radius 2 is 1.67 bits per heavy atom. The number of amides is 1. The van der Waals surface area contributed by atoms with Crippen LogP contribution in [0.15, 0.2) is 82.0 Å². The van der Waals surface area contributed by atoms with E-state index in [1.807, 2.05) is 36.4 Å². The summed E-state index contributed by atoms with van der Waals surface area (Å²) in [6.07, 6.45) is -0.974. The average Bonchev–Trinajstić information content (AvgIpc) is 3.30. The summed E-state index contributed by atoms with van der Waals surface area (Å²) >= 11 is 0. The van der Waals surface area contributed by atoms with E-state index >= 15 is 0 Å². The van der Waals surface area contributed by atoms with Crippen LogP contribution in [0.3, 0.4) is 0 Å². The Bertz CT molecular complexity index is 1440. The van der Waals surface area contributed by atoms with Gasteiger partial charge in [-0.1, -0.05) is 38.1 Å². The number of nitrogens with one attached hydrogen (secondary N) is 1. The number of anilines is 1. The quantitative estimate of drug-likeness (QED) is 0.354. The molecule has 2 heterocycles. The van der Waals surface area contributed by atoms with Gasteiger partial charge >= 0.3 is 5.63 Å². The predicted molar refractivity (Wildman–Crippen MR) is 137 cm³/mol. The minimum atomic E-state index is -0.974. The van der Waals surface area contributed by atoms with Crippen molar-refractivity contribution >= 4 is 22.6 Å². The molecule has 0 fully saturated rings. The molecule has 1 aliphatic rings. The van der Waals surface area contributed by atoms with Gasteiger partial charge in [0.25, 0.3) is 5.91 Å². The summed E-state index contributed by atoms with van der Waals surface area (Å²) < 4.78 is 22.8. The van der Waals surface area contributed by atoms with Crippen LogP contribution in [-0.4, -0.2) is 25.7 Å². The second-order valence-electron chi connectivity index (χ2n) is 9.14.